The van der Waals surface area contributed by atoms with E-state index in [-0.39, 0.29) is 18.9 Å². The first kappa shape index (κ1) is 11.4. The van der Waals surface area contributed by atoms with E-state index in [9.17, 15) is 13.6 Å². The van der Waals surface area contributed by atoms with Gasteiger partial charge < -0.3 is 9.64 Å². The van der Waals surface area contributed by atoms with Gasteiger partial charge in [0.15, 0.2) is 0 Å². The summed E-state index contributed by atoms with van der Waals surface area (Å²) in [5, 5.41) is 0. The van der Waals surface area contributed by atoms with Crippen LogP contribution >= 0.6 is 0 Å². The second-order valence-electron chi connectivity index (χ2n) is 4.05. The Hall–Kier alpha value is -0.710. The van der Waals surface area contributed by atoms with Crippen LogP contribution in [-0.2, 0) is 9.53 Å². The van der Waals surface area contributed by atoms with Gasteiger partial charge in [0.25, 0.3) is 11.8 Å². The molecule has 0 aliphatic carbocycles. The zero-order valence-corrected chi connectivity index (χ0v) is 8.64. The lowest BCUT2D eigenvalue weighted by Gasteiger charge is -2.27. The topological polar surface area (TPSA) is 29.5 Å². The first-order valence-corrected chi connectivity index (χ1v) is 4.51. The van der Waals surface area contributed by atoms with Crippen molar-refractivity contribution in [1.29, 1.82) is 0 Å². The monoisotopic (exact) mass is 207 g/mol. The Morgan fingerprint density at radius 3 is 2.43 bits per heavy atom. The van der Waals surface area contributed by atoms with Crippen LogP contribution in [0.4, 0.5) is 8.78 Å². The third kappa shape index (κ3) is 2.20. The maximum Gasteiger partial charge on any atom is 0.267 e. The Kier molecular flexibility index (Phi) is 2.81. The number of methoxy groups -OCH3 is 1. The number of carbonyl (C=O) groups is 1. The fourth-order valence-corrected chi connectivity index (χ4v) is 1.38. The smallest absolute Gasteiger partial charge is 0.267 e. The molecule has 1 saturated heterocycles. The lowest BCUT2D eigenvalue weighted by Crippen LogP contribution is -2.46. The summed E-state index contributed by atoms with van der Waals surface area (Å²) >= 11 is 0. The maximum atomic E-state index is 12.8. The van der Waals surface area contributed by atoms with Gasteiger partial charge in [-0.25, -0.2) is 8.78 Å². The summed E-state index contributed by atoms with van der Waals surface area (Å²) in [5.41, 5.74) is -1.01. The standard InChI is InChI=1S/C9H15F2NO2/c1-8(2,14-3)7(13)12-5-4-9(10,11)6-12/h4-6H2,1-3H3. The van der Waals surface area contributed by atoms with Crippen LogP contribution in [0.3, 0.4) is 0 Å². The SMILES string of the molecule is COC(C)(C)C(=O)N1CCC(F)(F)C1. The van der Waals surface area contributed by atoms with Crippen molar-refractivity contribution in [2.75, 3.05) is 20.2 Å². The number of rotatable bonds is 2. The average molecular weight is 207 g/mol. The van der Waals surface area contributed by atoms with Gasteiger partial charge in [0.2, 0.25) is 0 Å². The van der Waals surface area contributed by atoms with E-state index in [2.05, 4.69) is 0 Å². The van der Waals surface area contributed by atoms with E-state index in [1.54, 1.807) is 13.8 Å². The minimum atomic E-state index is -2.74. The number of amides is 1. The lowest BCUT2D eigenvalue weighted by atomic mass is 10.1. The van der Waals surface area contributed by atoms with Crippen LogP contribution in [-0.4, -0.2) is 42.5 Å². The molecule has 0 unspecified atom stereocenters. The zero-order valence-electron chi connectivity index (χ0n) is 8.64. The second kappa shape index (κ2) is 3.46. The summed E-state index contributed by atoms with van der Waals surface area (Å²) in [6, 6.07) is 0. The molecule has 82 valence electrons. The molecule has 1 fully saturated rings. The molecule has 5 heteroatoms. The van der Waals surface area contributed by atoms with Crippen LogP contribution in [0.15, 0.2) is 0 Å². The molecule has 0 saturated carbocycles. The van der Waals surface area contributed by atoms with Gasteiger partial charge in [-0.15, -0.1) is 0 Å². The number of hydrogen-bond donors (Lipinski definition) is 0. The summed E-state index contributed by atoms with van der Waals surface area (Å²) in [4.78, 5) is 12.8. The van der Waals surface area contributed by atoms with Crippen molar-refractivity contribution in [3.8, 4) is 0 Å². The summed E-state index contributed by atoms with van der Waals surface area (Å²) in [7, 11) is 1.39. The summed E-state index contributed by atoms with van der Waals surface area (Å²) in [5.74, 6) is -3.11. The van der Waals surface area contributed by atoms with E-state index in [0.717, 1.165) is 4.90 Å². The third-order valence-electron chi connectivity index (χ3n) is 2.48. The van der Waals surface area contributed by atoms with Crippen LogP contribution in [0.1, 0.15) is 20.3 Å². The molecule has 0 aromatic rings. The van der Waals surface area contributed by atoms with Gasteiger partial charge >= 0.3 is 0 Å². The van der Waals surface area contributed by atoms with Crippen molar-refractivity contribution in [2.45, 2.75) is 31.8 Å². The number of likely N-dealkylation sites (tertiary alicyclic amines) is 1. The van der Waals surface area contributed by atoms with Crippen molar-refractivity contribution < 1.29 is 18.3 Å². The predicted octanol–water partition coefficient (Wildman–Crippen LogP) is 1.28. The van der Waals surface area contributed by atoms with Crippen LogP contribution < -0.4 is 0 Å². The van der Waals surface area contributed by atoms with Gasteiger partial charge in [-0.1, -0.05) is 0 Å². The Balaban J connectivity index is 2.65. The van der Waals surface area contributed by atoms with Crippen LogP contribution in [0, 0.1) is 0 Å². The molecule has 1 heterocycles. The Morgan fingerprint density at radius 1 is 1.50 bits per heavy atom. The summed E-state index contributed by atoms with van der Waals surface area (Å²) in [6.45, 7) is 2.77. The fourth-order valence-electron chi connectivity index (χ4n) is 1.38. The highest BCUT2D eigenvalue weighted by molar-refractivity contribution is 5.84. The maximum absolute atomic E-state index is 12.8. The zero-order chi connectivity index (χ0) is 11.0. The number of halogens is 2. The molecule has 0 spiro atoms. The van der Waals surface area contributed by atoms with Crippen LogP contribution in [0.2, 0.25) is 0 Å². The molecular weight excluding hydrogens is 192 g/mol. The molecule has 0 N–H and O–H groups in total. The molecular formula is C9H15F2NO2. The van der Waals surface area contributed by atoms with Crippen LogP contribution in [0.5, 0.6) is 0 Å². The molecule has 3 nitrogen and oxygen atoms in total. The quantitative estimate of drug-likeness (QED) is 0.682. The van der Waals surface area contributed by atoms with Crippen molar-refractivity contribution in [1.82, 2.24) is 4.90 Å². The van der Waals surface area contributed by atoms with Crippen molar-refractivity contribution >= 4 is 5.91 Å². The van der Waals surface area contributed by atoms with E-state index >= 15 is 0 Å². The largest absolute Gasteiger partial charge is 0.369 e. The minimum Gasteiger partial charge on any atom is -0.369 e. The molecule has 0 atom stereocenters. The van der Waals surface area contributed by atoms with Crippen molar-refractivity contribution in [3.63, 3.8) is 0 Å². The average Bonchev–Trinajstić information content (AvgIpc) is 2.44. The lowest BCUT2D eigenvalue weighted by molar-refractivity contribution is -0.151. The first-order valence-electron chi connectivity index (χ1n) is 4.51. The highest BCUT2D eigenvalue weighted by Gasteiger charge is 2.44. The van der Waals surface area contributed by atoms with Gasteiger partial charge in [-0.2, -0.15) is 0 Å². The summed E-state index contributed by atoms with van der Waals surface area (Å²) in [6.07, 6.45) is -0.251. The molecule has 1 amide bonds. The second-order valence-corrected chi connectivity index (χ2v) is 4.05. The van der Waals surface area contributed by atoms with Gasteiger partial charge in [-0.3, -0.25) is 4.79 Å². The van der Waals surface area contributed by atoms with Gasteiger partial charge in [-0.05, 0) is 13.8 Å². The van der Waals surface area contributed by atoms with E-state index in [1.807, 2.05) is 0 Å². The van der Waals surface area contributed by atoms with Gasteiger partial charge in [0.1, 0.15) is 5.60 Å². The molecule has 1 rings (SSSR count). The normalized spacial score (nSPS) is 21.4. The molecule has 1 aliphatic rings. The summed E-state index contributed by atoms with van der Waals surface area (Å²) < 4.78 is 30.6. The van der Waals surface area contributed by atoms with Gasteiger partial charge in [0, 0.05) is 20.1 Å². The third-order valence-corrected chi connectivity index (χ3v) is 2.48. The van der Waals surface area contributed by atoms with Crippen molar-refractivity contribution in [3.05, 3.63) is 0 Å². The molecule has 0 bridgehead atoms. The fraction of sp³-hybridized carbons (Fsp3) is 0.889. The number of nitrogens with zero attached hydrogens (tertiary/aromatic N) is 1. The number of alkyl halides is 2. The Labute approximate surface area is 82.0 Å². The van der Waals surface area contributed by atoms with Gasteiger partial charge in [0.05, 0.1) is 6.54 Å². The number of hydrogen-bond acceptors (Lipinski definition) is 2. The Morgan fingerprint density at radius 2 is 2.07 bits per heavy atom. The predicted molar refractivity (Wildman–Crippen MR) is 47.2 cm³/mol. The van der Waals surface area contributed by atoms with Crippen LogP contribution in [0.25, 0.3) is 0 Å². The number of ether oxygens (including phenoxy) is 1. The highest BCUT2D eigenvalue weighted by Crippen LogP contribution is 2.28. The van der Waals surface area contributed by atoms with E-state index in [1.165, 1.54) is 7.11 Å². The highest BCUT2D eigenvalue weighted by atomic mass is 19.3. The van der Waals surface area contributed by atoms with E-state index in [0.29, 0.717) is 0 Å². The molecule has 1 aliphatic heterocycles. The number of carbonyl (C=O) groups excluding carboxylic acids is 1. The molecule has 0 aromatic carbocycles. The van der Waals surface area contributed by atoms with Crippen molar-refractivity contribution in [2.24, 2.45) is 0 Å². The minimum absolute atomic E-state index is 0.110. The van der Waals surface area contributed by atoms with E-state index < -0.39 is 18.1 Å². The molecule has 0 radical (unpaired) electrons. The van der Waals surface area contributed by atoms with E-state index in [4.69, 9.17) is 4.74 Å². The first-order chi connectivity index (χ1) is 6.28. The Bertz CT molecular complexity index is 241. The molecule has 0 aromatic heterocycles. The molecule has 14 heavy (non-hydrogen) atoms.